The Bertz CT molecular complexity index is 1320. The molecule has 2 amide bonds. The van der Waals surface area contributed by atoms with Crippen LogP contribution in [0.1, 0.15) is 41.2 Å². The maximum atomic E-state index is 13.5. The van der Waals surface area contributed by atoms with Gasteiger partial charge in [0.15, 0.2) is 0 Å². The number of aromatic nitrogens is 1. The van der Waals surface area contributed by atoms with Gasteiger partial charge in [0.1, 0.15) is 0 Å². The van der Waals surface area contributed by atoms with Crippen LogP contribution in [0.25, 0.3) is 22.8 Å². The van der Waals surface area contributed by atoms with Gasteiger partial charge in [0.2, 0.25) is 0 Å². The van der Waals surface area contributed by atoms with E-state index in [1.165, 1.54) is 0 Å². The number of aryl methyl sites for hydroxylation is 1. The lowest BCUT2D eigenvalue weighted by Gasteiger charge is -2.36. The lowest BCUT2D eigenvalue weighted by molar-refractivity contribution is -0.110. The lowest BCUT2D eigenvalue weighted by atomic mass is 9.94. The highest BCUT2D eigenvalue weighted by molar-refractivity contribution is 6.36. The molecule has 3 N–H and O–H groups in total. The number of carbonyl (C=O) groups is 2. The van der Waals surface area contributed by atoms with Gasteiger partial charge in [-0.1, -0.05) is 35.9 Å². The molecule has 34 heavy (non-hydrogen) atoms. The van der Waals surface area contributed by atoms with Gasteiger partial charge in [-0.15, -0.1) is 0 Å². The zero-order chi connectivity index (χ0) is 24.0. The van der Waals surface area contributed by atoms with Crippen LogP contribution in [0, 0.1) is 6.92 Å². The van der Waals surface area contributed by atoms with Crippen LogP contribution in [0.15, 0.2) is 48.5 Å². The Hall–Kier alpha value is -3.35. The normalized spacial score (nSPS) is 21.0. The van der Waals surface area contributed by atoms with E-state index in [0.29, 0.717) is 34.9 Å². The maximum Gasteiger partial charge on any atom is 0.256 e. The molecule has 1 saturated heterocycles. The molecule has 0 bridgehead atoms. The smallest absolute Gasteiger partial charge is 0.256 e. The first-order valence-corrected chi connectivity index (χ1v) is 11.8. The third-order valence-corrected chi connectivity index (χ3v) is 6.54. The fourth-order valence-electron chi connectivity index (χ4n) is 4.99. The van der Waals surface area contributed by atoms with Crippen LogP contribution in [0.2, 0.25) is 5.02 Å². The minimum Gasteiger partial charge on any atom is -0.358 e. The number of rotatable bonds is 3. The Morgan fingerprint density at radius 2 is 1.82 bits per heavy atom. The molecule has 0 aliphatic carbocycles. The summed E-state index contributed by atoms with van der Waals surface area (Å²) in [5.74, 6) is -0.224. The second-order valence-electron chi connectivity index (χ2n) is 9.21. The van der Waals surface area contributed by atoms with E-state index in [0.717, 1.165) is 28.1 Å². The summed E-state index contributed by atoms with van der Waals surface area (Å²) >= 11 is 6.24. The zero-order valence-electron chi connectivity index (χ0n) is 19.4. The van der Waals surface area contributed by atoms with Gasteiger partial charge in [0, 0.05) is 47.1 Å². The summed E-state index contributed by atoms with van der Waals surface area (Å²) in [7, 11) is 0. The van der Waals surface area contributed by atoms with Crippen molar-refractivity contribution in [2.75, 3.05) is 18.4 Å². The molecule has 2 aliphatic rings. The molecule has 3 heterocycles. The molecule has 2 aliphatic heterocycles. The highest BCUT2D eigenvalue weighted by atomic mass is 35.5. The summed E-state index contributed by atoms with van der Waals surface area (Å²) in [6.07, 6.45) is 1.80. The summed E-state index contributed by atoms with van der Waals surface area (Å²) in [5, 5.41) is 7.06. The van der Waals surface area contributed by atoms with Crippen LogP contribution in [-0.4, -0.2) is 46.9 Å². The van der Waals surface area contributed by atoms with Gasteiger partial charge in [-0.2, -0.15) is 0 Å². The Morgan fingerprint density at radius 3 is 2.56 bits per heavy atom. The number of hydrogen-bond acceptors (Lipinski definition) is 3. The first kappa shape index (κ1) is 22.4. The Labute approximate surface area is 204 Å². The number of hydrogen-bond donors (Lipinski definition) is 3. The van der Waals surface area contributed by atoms with E-state index in [2.05, 4.69) is 29.5 Å². The van der Waals surface area contributed by atoms with E-state index >= 15 is 0 Å². The third kappa shape index (κ3) is 4.15. The summed E-state index contributed by atoms with van der Waals surface area (Å²) in [4.78, 5) is 31.7. The third-order valence-electron chi connectivity index (χ3n) is 6.31. The number of halogens is 1. The summed E-state index contributed by atoms with van der Waals surface area (Å²) < 4.78 is 0. The fraction of sp³-hybridized carbons (Fsp3) is 0.259. The molecule has 0 spiro atoms. The second kappa shape index (κ2) is 8.78. The van der Waals surface area contributed by atoms with Gasteiger partial charge in [-0.3, -0.25) is 9.59 Å². The fourth-order valence-corrected chi connectivity index (χ4v) is 5.18. The molecular formula is C27H27ClN4O2. The Balaban J connectivity index is 1.58. The molecule has 2 aromatic carbocycles. The van der Waals surface area contributed by atoms with Crippen LogP contribution in [0.4, 0.5) is 5.69 Å². The van der Waals surface area contributed by atoms with E-state index in [1.807, 2.05) is 60.4 Å². The maximum absolute atomic E-state index is 13.5. The SMILES string of the molecule is Cc1cc(C(=O)N2C[C@@H](C)N[C@@H](C)C2)c(C=C2C(=O)Nc3cccc(-c4cccc(Cl)c4)c32)[nH]1. The molecule has 7 heteroatoms. The molecule has 2 atom stereocenters. The molecule has 0 unspecified atom stereocenters. The first-order valence-electron chi connectivity index (χ1n) is 11.5. The number of benzene rings is 2. The van der Waals surface area contributed by atoms with Gasteiger partial charge in [-0.25, -0.2) is 0 Å². The topological polar surface area (TPSA) is 77.2 Å². The molecular weight excluding hydrogens is 448 g/mol. The van der Waals surface area contributed by atoms with E-state index < -0.39 is 0 Å². The second-order valence-corrected chi connectivity index (χ2v) is 9.65. The van der Waals surface area contributed by atoms with Crippen molar-refractivity contribution in [3.05, 3.63) is 76.1 Å². The largest absolute Gasteiger partial charge is 0.358 e. The number of piperazine rings is 1. The van der Waals surface area contributed by atoms with Crippen LogP contribution >= 0.6 is 11.6 Å². The average molecular weight is 475 g/mol. The van der Waals surface area contributed by atoms with Crippen molar-refractivity contribution in [3.63, 3.8) is 0 Å². The first-order chi connectivity index (χ1) is 16.3. The standard InChI is InChI=1S/C27H27ClN4O2/c1-15-10-21(27(34)32-13-16(2)29-17(3)14-32)24(30-15)12-22-25-20(18-6-4-7-19(28)11-18)8-5-9-23(25)31-26(22)33/h4-12,16-17,29-30H,13-14H2,1-3H3,(H,31,33)/t16-,17+. The van der Waals surface area contributed by atoms with E-state index in [4.69, 9.17) is 11.6 Å². The summed E-state index contributed by atoms with van der Waals surface area (Å²) in [6, 6.07) is 15.7. The Morgan fingerprint density at radius 1 is 1.09 bits per heavy atom. The van der Waals surface area contributed by atoms with E-state index in [-0.39, 0.29) is 23.9 Å². The molecule has 5 rings (SSSR count). The number of amides is 2. The van der Waals surface area contributed by atoms with Crippen molar-refractivity contribution in [3.8, 4) is 11.1 Å². The monoisotopic (exact) mass is 474 g/mol. The van der Waals surface area contributed by atoms with Crippen molar-refractivity contribution in [1.29, 1.82) is 0 Å². The number of aromatic amines is 1. The van der Waals surface area contributed by atoms with E-state index in [1.54, 1.807) is 6.08 Å². The number of H-pyrrole nitrogens is 1. The number of nitrogens with zero attached hydrogens (tertiary/aromatic N) is 1. The predicted octanol–water partition coefficient (Wildman–Crippen LogP) is 4.96. The number of fused-ring (bicyclic) bond motifs is 1. The van der Waals surface area contributed by atoms with Crippen molar-refractivity contribution >= 4 is 40.8 Å². The molecule has 0 radical (unpaired) electrons. The quantitative estimate of drug-likeness (QED) is 0.469. The predicted molar refractivity (Wildman–Crippen MR) is 137 cm³/mol. The molecule has 174 valence electrons. The van der Waals surface area contributed by atoms with Crippen LogP contribution in [-0.2, 0) is 4.79 Å². The summed E-state index contributed by atoms with van der Waals surface area (Å²) in [5.41, 5.74) is 5.99. The van der Waals surface area contributed by atoms with Gasteiger partial charge in [0.25, 0.3) is 11.8 Å². The molecule has 1 fully saturated rings. The highest BCUT2D eigenvalue weighted by Gasteiger charge is 2.30. The van der Waals surface area contributed by atoms with Crippen LogP contribution in [0.3, 0.4) is 0 Å². The van der Waals surface area contributed by atoms with Crippen molar-refractivity contribution < 1.29 is 9.59 Å². The van der Waals surface area contributed by atoms with Crippen LogP contribution in [0.5, 0.6) is 0 Å². The lowest BCUT2D eigenvalue weighted by Crippen LogP contribution is -2.55. The van der Waals surface area contributed by atoms with Gasteiger partial charge in [0.05, 0.1) is 16.8 Å². The van der Waals surface area contributed by atoms with Crippen molar-refractivity contribution in [2.24, 2.45) is 0 Å². The number of carbonyl (C=O) groups excluding carboxylic acids is 2. The average Bonchev–Trinajstić information content (AvgIpc) is 3.31. The number of nitrogens with one attached hydrogen (secondary N) is 3. The highest BCUT2D eigenvalue weighted by Crippen LogP contribution is 2.41. The Kier molecular flexibility index (Phi) is 5.80. The van der Waals surface area contributed by atoms with Crippen LogP contribution < -0.4 is 10.6 Å². The van der Waals surface area contributed by atoms with Crippen molar-refractivity contribution in [1.82, 2.24) is 15.2 Å². The minimum absolute atomic E-state index is 0.0295. The molecule has 6 nitrogen and oxygen atoms in total. The van der Waals surface area contributed by atoms with E-state index in [9.17, 15) is 9.59 Å². The molecule has 1 aromatic heterocycles. The molecule has 0 saturated carbocycles. The van der Waals surface area contributed by atoms with Crippen molar-refractivity contribution in [2.45, 2.75) is 32.9 Å². The summed E-state index contributed by atoms with van der Waals surface area (Å²) in [6.45, 7) is 7.37. The molecule has 3 aromatic rings. The zero-order valence-corrected chi connectivity index (χ0v) is 20.2. The minimum atomic E-state index is -0.195. The van der Waals surface area contributed by atoms with Gasteiger partial charge in [-0.05, 0) is 62.2 Å². The number of anilines is 1. The van der Waals surface area contributed by atoms with Gasteiger partial charge >= 0.3 is 0 Å². The van der Waals surface area contributed by atoms with Gasteiger partial charge < -0.3 is 20.5 Å².